The van der Waals surface area contributed by atoms with Crippen molar-refractivity contribution < 1.29 is 5.11 Å². The molecule has 3 aromatic rings. The second-order valence-electron chi connectivity index (χ2n) is 7.14. The maximum absolute atomic E-state index is 10.7. The lowest BCUT2D eigenvalue weighted by atomic mass is 9.86. The maximum atomic E-state index is 10.7. The first-order valence-corrected chi connectivity index (χ1v) is 8.71. The van der Waals surface area contributed by atoms with E-state index in [9.17, 15) is 5.11 Å². The molecule has 0 spiro atoms. The number of benzene rings is 1. The number of pyridine rings is 2. The average molecular weight is 358 g/mol. The van der Waals surface area contributed by atoms with Gasteiger partial charge in [0.15, 0.2) is 5.75 Å². The van der Waals surface area contributed by atoms with Crippen LogP contribution in [0.2, 0.25) is 0 Å². The number of phenolic OH excluding ortho intramolecular Hbond substituents is 1. The van der Waals surface area contributed by atoms with Gasteiger partial charge in [-0.15, -0.1) is 0 Å². The first-order valence-electron chi connectivity index (χ1n) is 8.71. The minimum Gasteiger partial charge on any atom is -0.504 e. The molecule has 27 heavy (non-hydrogen) atoms. The van der Waals surface area contributed by atoms with Crippen LogP contribution in [0.25, 0.3) is 0 Å². The second-order valence-corrected chi connectivity index (χ2v) is 7.14. The van der Waals surface area contributed by atoms with Crippen LogP contribution in [0.15, 0.2) is 70.9 Å². The van der Waals surface area contributed by atoms with Crippen LogP contribution < -0.4 is 0 Å². The predicted octanol–water partition coefficient (Wildman–Crippen LogP) is 4.98. The molecule has 3 rings (SSSR count). The Morgan fingerprint density at radius 3 is 1.67 bits per heavy atom. The van der Waals surface area contributed by atoms with E-state index in [2.05, 4.69) is 40.7 Å². The van der Waals surface area contributed by atoms with Crippen molar-refractivity contribution in [1.82, 2.24) is 9.97 Å². The molecule has 0 aliphatic rings. The van der Waals surface area contributed by atoms with Gasteiger partial charge in [0.25, 0.3) is 0 Å². The van der Waals surface area contributed by atoms with E-state index in [1.807, 2.05) is 48.5 Å². The molecule has 0 fully saturated rings. The highest BCUT2D eigenvalue weighted by molar-refractivity contribution is 5.84. The van der Waals surface area contributed by atoms with Gasteiger partial charge in [-0.1, -0.05) is 32.9 Å². The van der Waals surface area contributed by atoms with Gasteiger partial charge in [-0.25, -0.2) is 0 Å². The summed E-state index contributed by atoms with van der Waals surface area (Å²) in [6, 6.07) is 15.0. The number of aliphatic imine (C=N–C) groups is 2. The summed E-state index contributed by atoms with van der Waals surface area (Å²) < 4.78 is 0. The van der Waals surface area contributed by atoms with Gasteiger partial charge in [0.1, 0.15) is 11.4 Å². The van der Waals surface area contributed by atoms with Gasteiger partial charge in [0.05, 0.1) is 23.8 Å². The molecule has 1 N–H and O–H groups in total. The van der Waals surface area contributed by atoms with Crippen molar-refractivity contribution in [1.29, 1.82) is 0 Å². The topological polar surface area (TPSA) is 70.7 Å². The molecule has 0 atom stereocenters. The molecular weight excluding hydrogens is 336 g/mol. The molecule has 2 aromatic heterocycles. The molecule has 1 aromatic carbocycles. The highest BCUT2D eigenvalue weighted by Gasteiger charge is 2.18. The van der Waals surface area contributed by atoms with E-state index in [-0.39, 0.29) is 11.2 Å². The predicted molar refractivity (Wildman–Crippen MR) is 110 cm³/mol. The van der Waals surface area contributed by atoms with E-state index < -0.39 is 0 Å². The second kappa shape index (κ2) is 7.91. The van der Waals surface area contributed by atoms with E-state index in [1.54, 1.807) is 24.8 Å². The van der Waals surface area contributed by atoms with Crippen molar-refractivity contribution in [3.63, 3.8) is 0 Å². The summed E-state index contributed by atoms with van der Waals surface area (Å²) in [6.07, 6.45) is 6.67. The maximum Gasteiger partial charge on any atom is 0.167 e. The van der Waals surface area contributed by atoms with E-state index in [0.717, 1.165) is 17.0 Å². The van der Waals surface area contributed by atoms with E-state index in [1.165, 1.54) is 0 Å². The standard InChI is InChI=1S/C22H22N4O/c1-22(2,3)16-12-19(25-14-17-8-4-6-10-23-17)21(27)20(13-16)26-15-18-9-5-7-11-24-18/h4-15,27H,1-3H3. The fraction of sp³-hybridized carbons (Fsp3) is 0.182. The highest BCUT2D eigenvalue weighted by Crippen LogP contribution is 2.40. The summed E-state index contributed by atoms with van der Waals surface area (Å²) in [4.78, 5) is 17.3. The Labute approximate surface area is 159 Å². The van der Waals surface area contributed by atoms with Gasteiger partial charge in [0.2, 0.25) is 0 Å². The van der Waals surface area contributed by atoms with Crippen LogP contribution in [0.1, 0.15) is 37.7 Å². The van der Waals surface area contributed by atoms with Crippen molar-refractivity contribution in [2.75, 3.05) is 0 Å². The lowest BCUT2D eigenvalue weighted by Crippen LogP contribution is -2.10. The van der Waals surface area contributed by atoms with E-state index in [4.69, 9.17) is 0 Å². The van der Waals surface area contributed by atoms with Crippen molar-refractivity contribution in [3.8, 4) is 5.75 Å². The number of rotatable bonds is 4. The monoisotopic (exact) mass is 358 g/mol. The van der Waals surface area contributed by atoms with Crippen LogP contribution in [0, 0.1) is 0 Å². The summed E-state index contributed by atoms with van der Waals surface area (Å²) in [7, 11) is 0. The number of hydrogen-bond acceptors (Lipinski definition) is 5. The Kier molecular flexibility index (Phi) is 5.41. The molecule has 0 unspecified atom stereocenters. The zero-order valence-electron chi connectivity index (χ0n) is 15.7. The lowest BCUT2D eigenvalue weighted by Gasteiger charge is -2.20. The van der Waals surface area contributed by atoms with Crippen molar-refractivity contribution in [2.45, 2.75) is 26.2 Å². The van der Waals surface area contributed by atoms with Crippen LogP contribution in [-0.4, -0.2) is 27.5 Å². The molecule has 0 saturated carbocycles. The summed E-state index contributed by atoms with van der Waals surface area (Å²) in [6.45, 7) is 6.33. The number of nitrogens with zero attached hydrogens (tertiary/aromatic N) is 4. The zero-order valence-corrected chi connectivity index (χ0v) is 15.7. The van der Waals surface area contributed by atoms with Gasteiger partial charge >= 0.3 is 0 Å². The van der Waals surface area contributed by atoms with Crippen LogP contribution in [0.4, 0.5) is 11.4 Å². The Balaban J connectivity index is 2.02. The third-order valence-electron chi connectivity index (χ3n) is 3.98. The summed E-state index contributed by atoms with van der Waals surface area (Å²) in [5, 5.41) is 10.7. The number of aromatic nitrogens is 2. The number of phenols is 1. The Morgan fingerprint density at radius 1 is 0.815 bits per heavy atom. The van der Waals surface area contributed by atoms with Crippen LogP contribution in [0.5, 0.6) is 5.75 Å². The minimum atomic E-state index is -0.113. The van der Waals surface area contributed by atoms with Gasteiger partial charge in [-0.3, -0.25) is 20.0 Å². The minimum absolute atomic E-state index is 0.0300. The Bertz CT molecular complexity index is 888. The summed E-state index contributed by atoms with van der Waals surface area (Å²) in [5.41, 5.74) is 3.27. The molecule has 136 valence electrons. The molecule has 0 radical (unpaired) electrons. The summed E-state index contributed by atoms with van der Waals surface area (Å²) in [5.74, 6) is 0.0300. The molecule has 2 heterocycles. The molecule has 0 aliphatic heterocycles. The smallest absolute Gasteiger partial charge is 0.167 e. The molecule has 0 aliphatic carbocycles. The van der Waals surface area contributed by atoms with Gasteiger partial charge in [-0.05, 0) is 47.4 Å². The first-order chi connectivity index (χ1) is 12.9. The fourth-order valence-corrected chi connectivity index (χ4v) is 2.41. The average Bonchev–Trinajstić information content (AvgIpc) is 2.67. The van der Waals surface area contributed by atoms with Crippen molar-refractivity contribution >= 4 is 23.8 Å². The van der Waals surface area contributed by atoms with Gasteiger partial charge < -0.3 is 5.11 Å². The Morgan fingerprint density at radius 2 is 1.30 bits per heavy atom. The lowest BCUT2D eigenvalue weighted by molar-refractivity contribution is 0.477. The molecule has 0 amide bonds. The van der Waals surface area contributed by atoms with Gasteiger partial charge in [0, 0.05) is 12.4 Å². The zero-order chi connectivity index (χ0) is 19.3. The third kappa shape index (κ3) is 4.85. The Hall–Kier alpha value is -3.34. The van der Waals surface area contributed by atoms with Crippen molar-refractivity contribution in [3.05, 3.63) is 77.9 Å². The van der Waals surface area contributed by atoms with E-state index in [0.29, 0.717) is 11.4 Å². The number of hydrogen-bond donors (Lipinski definition) is 1. The normalized spacial score (nSPS) is 12.1. The quantitative estimate of drug-likeness (QED) is 0.669. The largest absolute Gasteiger partial charge is 0.504 e. The molecule has 5 heteroatoms. The molecule has 0 saturated heterocycles. The fourth-order valence-electron chi connectivity index (χ4n) is 2.41. The van der Waals surface area contributed by atoms with Crippen LogP contribution in [0.3, 0.4) is 0 Å². The third-order valence-corrected chi connectivity index (χ3v) is 3.98. The van der Waals surface area contributed by atoms with Gasteiger partial charge in [-0.2, -0.15) is 0 Å². The van der Waals surface area contributed by atoms with Crippen LogP contribution in [-0.2, 0) is 5.41 Å². The summed E-state index contributed by atoms with van der Waals surface area (Å²) >= 11 is 0. The number of aromatic hydroxyl groups is 1. The van der Waals surface area contributed by atoms with Crippen LogP contribution >= 0.6 is 0 Å². The molecular formula is C22H22N4O. The highest BCUT2D eigenvalue weighted by atomic mass is 16.3. The molecule has 0 bridgehead atoms. The van der Waals surface area contributed by atoms with E-state index >= 15 is 0 Å². The molecule has 5 nitrogen and oxygen atoms in total. The van der Waals surface area contributed by atoms with Crippen molar-refractivity contribution in [2.24, 2.45) is 9.98 Å². The first kappa shape index (κ1) is 18.5. The SMILES string of the molecule is CC(C)(C)c1cc(N=Cc2ccccn2)c(O)c(N=Cc2ccccn2)c1.